The number of esters is 1. The molecular weight excluding hydrogens is 187 g/mol. The number of phosphoric acid groups is 1. The first kappa shape index (κ1) is 11.6. The number of ether oxygens (including phenoxy) is 1. The largest absolute Gasteiger partial charge is 0.469 e. The molecule has 6 nitrogen and oxygen atoms in total. The van der Waals surface area contributed by atoms with E-state index in [-0.39, 0.29) is 19.6 Å². The molecule has 72 valence electrons. The SMILES string of the molecule is CCOC(=O)CCOP(=O)(O)O. The van der Waals surface area contributed by atoms with E-state index in [0.29, 0.717) is 0 Å². The molecule has 0 aromatic carbocycles. The van der Waals surface area contributed by atoms with Crippen molar-refractivity contribution in [2.75, 3.05) is 13.2 Å². The first-order valence-corrected chi connectivity index (χ1v) is 4.84. The van der Waals surface area contributed by atoms with Gasteiger partial charge >= 0.3 is 13.8 Å². The molecule has 0 saturated carbocycles. The number of phosphoric ester groups is 1. The predicted molar refractivity (Wildman–Crippen MR) is 39.2 cm³/mol. The van der Waals surface area contributed by atoms with Crippen molar-refractivity contribution < 1.29 is 28.4 Å². The van der Waals surface area contributed by atoms with Crippen molar-refractivity contribution in [2.24, 2.45) is 0 Å². The zero-order valence-corrected chi connectivity index (χ0v) is 7.49. The fourth-order valence-corrected chi connectivity index (χ4v) is 0.810. The fourth-order valence-electron chi connectivity index (χ4n) is 0.481. The highest BCUT2D eigenvalue weighted by Gasteiger charge is 2.14. The minimum absolute atomic E-state index is 0.154. The number of hydrogen-bond acceptors (Lipinski definition) is 4. The van der Waals surface area contributed by atoms with Crippen molar-refractivity contribution in [3.63, 3.8) is 0 Å². The van der Waals surface area contributed by atoms with Gasteiger partial charge in [0, 0.05) is 0 Å². The van der Waals surface area contributed by atoms with Crippen molar-refractivity contribution in [3.8, 4) is 0 Å². The second kappa shape index (κ2) is 5.27. The Labute approximate surface area is 69.7 Å². The number of carbonyl (C=O) groups excluding carboxylic acids is 1. The maximum absolute atomic E-state index is 10.6. The van der Waals surface area contributed by atoms with Crippen LogP contribution in [0.4, 0.5) is 0 Å². The van der Waals surface area contributed by atoms with Crippen LogP contribution in [0.3, 0.4) is 0 Å². The highest BCUT2D eigenvalue weighted by molar-refractivity contribution is 7.46. The highest BCUT2D eigenvalue weighted by atomic mass is 31.2. The summed E-state index contributed by atoms with van der Waals surface area (Å²) >= 11 is 0. The van der Waals surface area contributed by atoms with E-state index >= 15 is 0 Å². The van der Waals surface area contributed by atoms with Gasteiger partial charge in [-0.3, -0.25) is 9.32 Å². The third-order valence-corrected chi connectivity index (χ3v) is 1.39. The summed E-state index contributed by atoms with van der Waals surface area (Å²) in [4.78, 5) is 27.0. The average molecular weight is 198 g/mol. The Hall–Kier alpha value is -0.420. The van der Waals surface area contributed by atoms with E-state index in [9.17, 15) is 9.36 Å². The summed E-state index contributed by atoms with van der Waals surface area (Å²) in [6.45, 7) is 1.56. The lowest BCUT2D eigenvalue weighted by atomic mass is 10.5. The van der Waals surface area contributed by atoms with Crippen LogP contribution >= 0.6 is 7.82 Å². The van der Waals surface area contributed by atoms with Crippen LogP contribution < -0.4 is 0 Å². The molecule has 0 aromatic rings. The summed E-state index contributed by atoms with van der Waals surface area (Å²) in [5.41, 5.74) is 0. The smallest absolute Gasteiger partial charge is 0.466 e. The molecule has 0 bridgehead atoms. The van der Waals surface area contributed by atoms with Gasteiger partial charge in [-0.25, -0.2) is 4.57 Å². The summed E-state index contributed by atoms with van der Waals surface area (Å²) in [5.74, 6) is -0.536. The topological polar surface area (TPSA) is 93.1 Å². The van der Waals surface area contributed by atoms with E-state index in [4.69, 9.17) is 9.79 Å². The summed E-state index contributed by atoms with van der Waals surface area (Å²) in [5, 5.41) is 0. The second-order valence-electron chi connectivity index (χ2n) is 1.88. The van der Waals surface area contributed by atoms with Crippen molar-refractivity contribution in [2.45, 2.75) is 13.3 Å². The van der Waals surface area contributed by atoms with Crippen molar-refractivity contribution in [1.29, 1.82) is 0 Å². The molecular formula is C5H11O6P. The number of rotatable bonds is 5. The summed E-state index contributed by atoms with van der Waals surface area (Å²) in [7, 11) is -4.45. The molecule has 7 heteroatoms. The summed E-state index contributed by atoms with van der Waals surface area (Å²) in [6, 6.07) is 0. The third kappa shape index (κ3) is 7.68. The molecule has 0 spiro atoms. The van der Waals surface area contributed by atoms with Crippen molar-refractivity contribution in [1.82, 2.24) is 0 Å². The summed E-state index contributed by atoms with van der Waals surface area (Å²) in [6.07, 6.45) is -0.154. The Bertz CT molecular complexity index is 184. The van der Waals surface area contributed by atoms with Crippen LogP contribution in [0.1, 0.15) is 13.3 Å². The van der Waals surface area contributed by atoms with Gasteiger partial charge in [-0.2, -0.15) is 0 Å². The van der Waals surface area contributed by atoms with Gasteiger partial charge in [-0.1, -0.05) is 0 Å². The van der Waals surface area contributed by atoms with Crippen LogP contribution in [-0.2, 0) is 18.6 Å². The zero-order chi connectivity index (χ0) is 9.61. The van der Waals surface area contributed by atoms with Gasteiger partial charge < -0.3 is 14.5 Å². The molecule has 0 fully saturated rings. The molecule has 0 aliphatic rings. The highest BCUT2D eigenvalue weighted by Crippen LogP contribution is 2.35. The van der Waals surface area contributed by atoms with Gasteiger partial charge in [0.2, 0.25) is 0 Å². The Morgan fingerprint density at radius 3 is 2.50 bits per heavy atom. The molecule has 0 aliphatic heterocycles. The standard InChI is InChI=1S/C5H11O6P/c1-2-10-5(6)3-4-11-12(7,8)9/h2-4H2,1H3,(H2,7,8,9). The van der Waals surface area contributed by atoms with E-state index in [1.165, 1.54) is 0 Å². The minimum atomic E-state index is -4.45. The molecule has 0 saturated heterocycles. The monoisotopic (exact) mass is 198 g/mol. The molecule has 2 N–H and O–H groups in total. The van der Waals surface area contributed by atoms with Gasteiger partial charge in [0.1, 0.15) is 0 Å². The zero-order valence-electron chi connectivity index (χ0n) is 6.60. The molecule has 0 amide bonds. The van der Waals surface area contributed by atoms with E-state index < -0.39 is 13.8 Å². The van der Waals surface area contributed by atoms with Crippen LogP contribution in [0.2, 0.25) is 0 Å². The van der Waals surface area contributed by atoms with E-state index in [1.807, 2.05) is 0 Å². The van der Waals surface area contributed by atoms with E-state index in [0.717, 1.165) is 0 Å². The molecule has 0 unspecified atom stereocenters. The lowest BCUT2D eigenvalue weighted by Gasteiger charge is -2.04. The third-order valence-electron chi connectivity index (χ3n) is 0.871. The molecule has 0 radical (unpaired) electrons. The van der Waals surface area contributed by atoms with Crippen LogP contribution in [-0.4, -0.2) is 29.0 Å². The lowest BCUT2D eigenvalue weighted by molar-refractivity contribution is -0.143. The molecule has 0 heterocycles. The second-order valence-corrected chi connectivity index (χ2v) is 3.12. The van der Waals surface area contributed by atoms with Crippen LogP contribution in [0.25, 0.3) is 0 Å². The normalized spacial score (nSPS) is 11.2. The predicted octanol–water partition coefficient (Wildman–Crippen LogP) is 0.0489. The molecule has 0 aliphatic carbocycles. The van der Waals surface area contributed by atoms with Crippen molar-refractivity contribution in [3.05, 3.63) is 0 Å². The molecule has 0 rings (SSSR count). The van der Waals surface area contributed by atoms with Gasteiger partial charge in [-0.05, 0) is 6.92 Å². The minimum Gasteiger partial charge on any atom is -0.466 e. The number of carbonyl (C=O) groups is 1. The molecule has 0 atom stereocenters. The first-order valence-electron chi connectivity index (χ1n) is 3.31. The Morgan fingerprint density at radius 2 is 2.08 bits per heavy atom. The van der Waals surface area contributed by atoms with Gasteiger partial charge in [-0.15, -0.1) is 0 Å². The van der Waals surface area contributed by atoms with Gasteiger partial charge in [0.05, 0.1) is 19.6 Å². The van der Waals surface area contributed by atoms with Crippen LogP contribution in [0.5, 0.6) is 0 Å². The first-order chi connectivity index (χ1) is 5.45. The van der Waals surface area contributed by atoms with E-state index in [1.54, 1.807) is 6.92 Å². The van der Waals surface area contributed by atoms with E-state index in [2.05, 4.69) is 9.26 Å². The maximum Gasteiger partial charge on any atom is 0.469 e. The van der Waals surface area contributed by atoms with Crippen molar-refractivity contribution >= 4 is 13.8 Å². The number of hydrogen-bond donors (Lipinski definition) is 2. The Balaban J connectivity index is 3.44. The van der Waals surface area contributed by atoms with Gasteiger partial charge in [0.25, 0.3) is 0 Å². The quantitative estimate of drug-likeness (QED) is 0.478. The lowest BCUT2D eigenvalue weighted by Crippen LogP contribution is -2.07. The molecule has 0 aromatic heterocycles. The van der Waals surface area contributed by atoms with Crippen LogP contribution in [0.15, 0.2) is 0 Å². The van der Waals surface area contributed by atoms with Gasteiger partial charge in [0.15, 0.2) is 0 Å². The van der Waals surface area contributed by atoms with Crippen LogP contribution in [0, 0.1) is 0 Å². The molecule has 12 heavy (non-hydrogen) atoms. The Kier molecular flexibility index (Phi) is 5.08. The maximum atomic E-state index is 10.6. The Morgan fingerprint density at radius 1 is 1.50 bits per heavy atom. The average Bonchev–Trinajstić information content (AvgIpc) is 1.84. The fraction of sp³-hybridized carbons (Fsp3) is 0.800. The summed E-state index contributed by atoms with van der Waals surface area (Å²) < 4.78 is 18.6.